The van der Waals surface area contributed by atoms with Gasteiger partial charge in [-0.05, 0) is 56.1 Å². The molecule has 2 amide bonds. The molecule has 0 unspecified atom stereocenters. The van der Waals surface area contributed by atoms with Crippen molar-refractivity contribution in [3.05, 3.63) is 36.0 Å². The Hall–Kier alpha value is -2.45. The van der Waals surface area contributed by atoms with Crippen LogP contribution in [-0.4, -0.2) is 47.4 Å². The normalized spacial score (nSPS) is 23.7. The maximum absolute atomic E-state index is 12.5. The Morgan fingerprint density at radius 3 is 2.59 bits per heavy atom. The minimum Gasteiger partial charge on any atom is -0.445 e. The third-order valence-corrected chi connectivity index (χ3v) is 5.87. The second-order valence-corrected chi connectivity index (χ2v) is 8.00. The first kappa shape index (κ1) is 17.9. The summed E-state index contributed by atoms with van der Waals surface area (Å²) in [6.45, 7) is 4.70. The Kier molecular flexibility index (Phi) is 5.09. The Labute approximate surface area is 161 Å². The van der Waals surface area contributed by atoms with Crippen LogP contribution < -0.4 is 15.4 Å². The molecule has 7 nitrogen and oxygen atoms in total. The second kappa shape index (κ2) is 7.66. The molecule has 2 bridgehead atoms. The zero-order valence-electron chi connectivity index (χ0n) is 15.1. The number of benzene rings is 1. The van der Waals surface area contributed by atoms with E-state index in [9.17, 15) is 9.59 Å². The Balaban J connectivity index is 1.35. The molecule has 1 aromatic heterocycles. The summed E-state index contributed by atoms with van der Waals surface area (Å²) in [6, 6.07) is 7.32. The molecular formula is C19H22N4O3S. The van der Waals surface area contributed by atoms with E-state index in [2.05, 4.69) is 20.5 Å². The van der Waals surface area contributed by atoms with Crippen molar-refractivity contribution < 1.29 is 14.3 Å². The van der Waals surface area contributed by atoms with E-state index in [4.69, 9.17) is 4.74 Å². The highest BCUT2D eigenvalue weighted by Crippen LogP contribution is 2.31. The number of aromatic nitrogens is 1. The maximum atomic E-state index is 12.5. The number of fused-ring (bicyclic) bond motifs is 3. The topological polar surface area (TPSA) is 83.6 Å². The van der Waals surface area contributed by atoms with Crippen LogP contribution in [0.2, 0.25) is 0 Å². The first-order valence-electron chi connectivity index (χ1n) is 9.11. The van der Waals surface area contributed by atoms with Crippen molar-refractivity contribution in [1.29, 1.82) is 0 Å². The van der Waals surface area contributed by atoms with Crippen LogP contribution in [-0.2, 0) is 4.79 Å². The number of nitrogens with zero attached hydrogens (tertiary/aromatic N) is 2. The van der Waals surface area contributed by atoms with E-state index in [1.165, 1.54) is 31.1 Å². The molecule has 3 saturated heterocycles. The number of amides is 2. The lowest BCUT2D eigenvalue weighted by molar-refractivity contribution is -0.114. The van der Waals surface area contributed by atoms with Gasteiger partial charge in [-0.15, -0.1) is 0 Å². The summed E-state index contributed by atoms with van der Waals surface area (Å²) < 4.78 is 5.73. The van der Waals surface area contributed by atoms with Gasteiger partial charge in [0, 0.05) is 25.1 Å². The van der Waals surface area contributed by atoms with Crippen molar-refractivity contribution in [1.82, 2.24) is 15.2 Å². The van der Waals surface area contributed by atoms with Gasteiger partial charge in [-0.2, -0.15) is 0 Å². The summed E-state index contributed by atoms with van der Waals surface area (Å²) in [5.74, 6) is 1.01. The molecule has 3 aliphatic rings. The molecule has 0 radical (unpaired) electrons. The van der Waals surface area contributed by atoms with Crippen LogP contribution in [0.15, 0.2) is 30.5 Å². The zero-order chi connectivity index (χ0) is 18.8. The largest absolute Gasteiger partial charge is 0.445 e. The highest BCUT2D eigenvalue weighted by molar-refractivity contribution is 7.17. The molecule has 0 spiro atoms. The molecular weight excluding hydrogens is 364 g/mol. The summed E-state index contributed by atoms with van der Waals surface area (Å²) in [7, 11) is 0. The zero-order valence-corrected chi connectivity index (χ0v) is 15.9. The number of hydrogen-bond donors (Lipinski definition) is 2. The number of hydrogen-bond acceptors (Lipinski definition) is 6. The summed E-state index contributed by atoms with van der Waals surface area (Å²) in [5.41, 5.74) is 0.627. The van der Waals surface area contributed by atoms with Crippen LogP contribution in [0.4, 0.5) is 5.13 Å². The van der Waals surface area contributed by atoms with E-state index < -0.39 is 0 Å². The van der Waals surface area contributed by atoms with Gasteiger partial charge in [0.15, 0.2) is 5.13 Å². The fraction of sp³-hybridized carbons (Fsp3) is 0.421. The van der Waals surface area contributed by atoms with E-state index in [-0.39, 0.29) is 17.9 Å². The SMILES string of the molecule is CC(=O)Nc1ncc(Oc2ccc(C(=O)N[C@H]3CN4CCC3CC4)cc2)s1. The molecule has 5 rings (SSSR count). The average molecular weight is 386 g/mol. The lowest BCUT2D eigenvalue weighted by atomic mass is 9.84. The number of rotatable bonds is 5. The molecule has 27 heavy (non-hydrogen) atoms. The van der Waals surface area contributed by atoms with Crippen molar-refractivity contribution in [2.45, 2.75) is 25.8 Å². The van der Waals surface area contributed by atoms with Crippen LogP contribution in [0.3, 0.4) is 0 Å². The van der Waals surface area contributed by atoms with Crippen molar-refractivity contribution in [2.24, 2.45) is 5.92 Å². The minimum absolute atomic E-state index is 0.0361. The van der Waals surface area contributed by atoms with E-state index >= 15 is 0 Å². The molecule has 2 aromatic rings. The minimum atomic E-state index is -0.172. The number of piperidine rings is 3. The van der Waals surface area contributed by atoms with E-state index in [0.717, 1.165) is 19.6 Å². The third kappa shape index (κ3) is 4.28. The molecule has 0 aliphatic carbocycles. The van der Waals surface area contributed by atoms with Gasteiger partial charge < -0.3 is 20.3 Å². The van der Waals surface area contributed by atoms with Crippen LogP contribution in [0.1, 0.15) is 30.1 Å². The van der Waals surface area contributed by atoms with Gasteiger partial charge in [-0.25, -0.2) is 4.98 Å². The number of carbonyl (C=O) groups excluding carboxylic acids is 2. The molecule has 3 aliphatic heterocycles. The lowest BCUT2D eigenvalue weighted by Crippen LogP contribution is -2.57. The predicted molar refractivity (Wildman–Crippen MR) is 103 cm³/mol. The van der Waals surface area contributed by atoms with Crippen LogP contribution in [0, 0.1) is 5.92 Å². The molecule has 1 aromatic carbocycles. The van der Waals surface area contributed by atoms with Gasteiger partial charge >= 0.3 is 0 Å². The predicted octanol–water partition coefficient (Wildman–Crippen LogP) is 2.72. The van der Waals surface area contributed by atoms with Gasteiger partial charge in [0.05, 0.1) is 6.20 Å². The van der Waals surface area contributed by atoms with Crippen molar-refractivity contribution in [2.75, 3.05) is 25.0 Å². The molecule has 1 atom stereocenters. The Morgan fingerprint density at radius 2 is 1.96 bits per heavy atom. The standard InChI is InChI=1S/C19H22N4O3S/c1-12(24)21-19-20-10-17(27-19)26-15-4-2-14(3-5-15)18(25)22-16-11-23-8-6-13(16)7-9-23/h2-5,10,13,16H,6-9,11H2,1H3,(H,22,25)(H,20,21,24)/t16-/m0/s1. The van der Waals surface area contributed by atoms with Gasteiger partial charge in [0.2, 0.25) is 11.0 Å². The van der Waals surface area contributed by atoms with Crippen molar-refractivity contribution in [3.8, 4) is 10.8 Å². The molecule has 0 saturated carbocycles. The fourth-order valence-corrected chi connectivity index (χ4v) is 4.42. The van der Waals surface area contributed by atoms with Crippen molar-refractivity contribution >= 4 is 28.3 Å². The average Bonchev–Trinajstić information content (AvgIpc) is 3.09. The van der Waals surface area contributed by atoms with Gasteiger partial charge in [0.1, 0.15) is 5.75 Å². The third-order valence-electron chi connectivity index (χ3n) is 5.08. The first-order chi connectivity index (χ1) is 13.1. The van der Waals surface area contributed by atoms with Crippen LogP contribution in [0.5, 0.6) is 10.8 Å². The summed E-state index contributed by atoms with van der Waals surface area (Å²) in [5, 5.41) is 6.87. The summed E-state index contributed by atoms with van der Waals surface area (Å²) >= 11 is 1.25. The quantitative estimate of drug-likeness (QED) is 0.826. The van der Waals surface area contributed by atoms with Gasteiger partial charge in [-0.1, -0.05) is 11.3 Å². The van der Waals surface area contributed by atoms with Crippen LogP contribution in [0.25, 0.3) is 0 Å². The molecule has 2 N–H and O–H groups in total. The summed E-state index contributed by atoms with van der Waals surface area (Å²) in [4.78, 5) is 30.1. The fourth-order valence-electron chi connectivity index (χ4n) is 3.69. The van der Waals surface area contributed by atoms with Gasteiger partial charge in [0.25, 0.3) is 5.91 Å². The summed E-state index contributed by atoms with van der Waals surface area (Å²) in [6.07, 6.45) is 3.91. The van der Waals surface area contributed by atoms with E-state index in [1.807, 2.05) is 0 Å². The first-order valence-corrected chi connectivity index (χ1v) is 9.93. The maximum Gasteiger partial charge on any atom is 0.251 e. The highest BCUT2D eigenvalue weighted by atomic mass is 32.1. The number of ether oxygens (including phenoxy) is 1. The molecule has 8 heteroatoms. The smallest absolute Gasteiger partial charge is 0.251 e. The Bertz CT molecular complexity index is 828. The lowest BCUT2D eigenvalue weighted by Gasteiger charge is -2.44. The van der Waals surface area contributed by atoms with E-state index in [1.54, 1.807) is 30.5 Å². The molecule has 142 valence electrons. The van der Waals surface area contributed by atoms with E-state index in [0.29, 0.717) is 27.4 Å². The number of carbonyl (C=O) groups is 2. The number of nitrogens with one attached hydrogen (secondary N) is 2. The number of thiazole rings is 1. The number of anilines is 1. The van der Waals surface area contributed by atoms with Crippen molar-refractivity contribution in [3.63, 3.8) is 0 Å². The van der Waals surface area contributed by atoms with Gasteiger partial charge in [-0.3, -0.25) is 9.59 Å². The molecule has 3 fully saturated rings. The molecule has 4 heterocycles. The monoisotopic (exact) mass is 386 g/mol. The highest BCUT2D eigenvalue weighted by Gasteiger charge is 2.34. The Morgan fingerprint density at radius 1 is 1.22 bits per heavy atom. The van der Waals surface area contributed by atoms with Crippen LogP contribution >= 0.6 is 11.3 Å². The second-order valence-electron chi connectivity index (χ2n) is 7.01.